The summed E-state index contributed by atoms with van der Waals surface area (Å²) in [5.74, 6) is -1.60. The Kier molecular flexibility index (Phi) is 6.54. The Morgan fingerprint density at radius 3 is 2.52 bits per heavy atom. The second-order valence-electron chi connectivity index (χ2n) is 9.60. The zero-order valence-electron chi connectivity index (χ0n) is 18.4. The van der Waals surface area contributed by atoms with Gasteiger partial charge in [-0.3, -0.25) is 9.59 Å². The zero-order valence-corrected chi connectivity index (χ0v) is 18.4. The Bertz CT molecular complexity index is 888. The molecule has 0 saturated heterocycles. The second kappa shape index (κ2) is 8.81. The van der Waals surface area contributed by atoms with E-state index in [1.807, 2.05) is 6.07 Å². The molecule has 5 atom stereocenters. The van der Waals surface area contributed by atoms with Crippen LogP contribution in [0.15, 0.2) is 54.6 Å². The van der Waals surface area contributed by atoms with Crippen LogP contribution in [0.4, 0.5) is 0 Å². The summed E-state index contributed by atoms with van der Waals surface area (Å²) < 4.78 is 5.99. The number of esters is 1. The summed E-state index contributed by atoms with van der Waals surface area (Å²) >= 11 is 0. The van der Waals surface area contributed by atoms with E-state index in [-0.39, 0.29) is 11.8 Å². The van der Waals surface area contributed by atoms with Crippen LogP contribution < -0.4 is 0 Å². The van der Waals surface area contributed by atoms with Crippen molar-refractivity contribution in [3.05, 3.63) is 60.2 Å². The van der Waals surface area contributed by atoms with Crippen molar-refractivity contribution in [2.75, 3.05) is 0 Å². The number of benzene rings is 1. The van der Waals surface area contributed by atoms with E-state index in [2.05, 4.69) is 20.1 Å². The first-order chi connectivity index (χ1) is 14.6. The summed E-state index contributed by atoms with van der Waals surface area (Å²) in [7, 11) is 0. The second-order valence-corrected chi connectivity index (χ2v) is 9.60. The number of aldehydes is 1. The van der Waals surface area contributed by atoms with Crippen molar-refractivity contribution < 1.29 is 24.2 Å². The Morgan fingerprint density at radius 2 is 1.90 bits per heavy atom. The monoisotopic (exact) mass is 424 g/mol. The lowest BCUT2D eigenvalue weighted by molar-refractivity contribution is -0.177. The summed E-state index contributed by atoms with van der Waals surface area (Å²) in [4.78, 5) is 36.4. The molecule has 2 fully saturated rings. The molecule has 0 spiro atoms. The maximum Gasteiger partial charge on any atom is 0.338 e. The standard InChI is InChI=1S/C26H32O5/c1-17(16-27)11-12-20-18(2)15-21(31-23(28)19-9-6-5-7-10-19)22-25(20,3)13-8-14-26(22,4)24(29)30/h5-7,9-10,16,20-22H,1-2,8,11-15H2,3-4H3,(H,29,30)/t20-,21?,22?,25-,26-/m1/s1. The summed E-state index contributed by atoms with van der Waals surface area (Å²) in [5.41, 5.74) is 0.535. The molecule has 3 rings (SSSR count). The molecule has 166 valence electrons. The van der Waals surface area contributed by atoms with Crippen molar-refractivity contribution in [1.29, 1.82) is 0 Å². The molecule has 2 aliphatic carbocycles. The van der Waals surface area contributed by atoms with Crippen molar-refractivity contribution in [2.45, 2.75) is 58.5 Å². The van der Waals surface area contributed by atoms with Gasteiger partial charge in [0.1, 0.15) is 12.4 Å². The van der Waals surface area contributed by atoms with Gasteiger partial charge in [-0.05, 0) is 61.6 Å². The zero-order chi connectivity index (χ0) is 22.8. The van der Waals surface area contributed by atoms with E-state index in [1.54, 1.807) is 31.2 Å². The van der Waals surface area contributed by atoms with E-state index in [9.17, 15) is 19.5 Å². The first-order valence-electron chi connectivity index (χ1n) is 10.9. The lowest BCUT2D eigenvalue weighted by Gasteiger charge is -2.59. The molecule has 0 aromatic heterocycles. The topological polar surface area (TPSA) is 80.7 Å². The molecule has 31 heavy (non-hydrogen) atoms. The molecule has 2 unspecified atom stereocenters. The van der Waals surface area contributed by atoms with E-state index in [1.165, 1.54) is 0 Å². The lowest BCUT2D eigenvalue weighted by atomic mass is 9.45. The van der Waals surface area contributed by atoms with Crippen LogP contribution in [0.2, 0.25) is 0 Å². The number of hydrogen-bond acceptors (Lipinski definition) is 4. The Morgan fingerprint density at radius 1 is 1.23 bits per heavy atom. The van der Waals surface area contributed by atoms with Crippen LogP contribution in [0.1, 0.15) is 62.7 Å². The van der Waals surface area contributed by atoms with Gasteiger partial charge in [0, 0.05) is 12.3 Å². The van der Waals surface area contributed by atoms with Gasteiger partial charge in [0.2, 0.25) is 0 Å². The van der Waals surface area contributed by atoms with Crippen LogP contribution in [0, 0.1) is 22.7 Å². The minimum Gasteiger partial charge on any atom is -0.481 e. The third kappa shape index (κ3) is 4.23. The van der Waals surface area contributed by atoms with Crippen LogP contribution >= 0.6 is 0 Å². The fourth-order valence-corrected chi connectivity index (χ4v) is 6.14. The number of ether oxygens (including phenoxy) is 1. The molecular weight excluding hydrogens is 392 g/mol. The van der Waals surface area contributed by atoms with Crippen molar-refractivity contribution in [2.24, 2.45) is 22.7 Å². The molecule has 1 aromatic rings. The number of carboxylic acid groups (broad SMARTS) is 1. The lowest BCUT2D eigenvalue weighted by Crippen LogP contribution is -2.59. The molecule has 0 radical (unpaired) electrons. The molecule has 0 bridgehead atoms. The smallest absolute Gasteiger partial charge is 0.338 e. The van der Waals surface area contributed by atoms with Crippen molar-refractivity contribution in [3.8, 4) is 0 Å². The molecular formula is C26H32O5. The molecule has 5 heteroatoms. The van der Waals surface area contributed by atoms with Crippen LogP contribution in [-0.4, -0.2) is 29.4 Å². The van der Waals surface area contributed by atoms with E-state index in [0.29, 0.717) is 36.8 Å². The molecule has 0 aliphatic heterocycles. The third-order valence-electron chi connectivity index (χ3n) is 7.61. The van der Waals surface area contributed by atoms with Crippen LogP contribution in [0.3, 0.4) is 0 Å². The van der Waals surface area contributed by atoms with Crippen molar-refractivity contribution in [1.82, 2.24) is 0 Å². The highest BCUT2D eigenvalue weighted by Gasteiger charge is 2.61. The maximum absolute atomic E-state index is 12.9. The minimum atomic E-state index is -1.00. The van der Waals surface area contributed by atoms with Gasteiger partial charge in [-0.15, -0.1) is 0 Å². The van der Waals surface area contributed by atoms with Gasteiger partial charge >= 0.3 is 11.9 Å². The summed E-state index contributed by atoms with van der Waals surface area (Å²) in [6.07, 6.45) is 4.05. The quantitative estimate of drug-likeness (QED) is 0.281. The van der Waals surface area contributed by atoms with Crippen molar-refractivity contribution in [3.63, 3.8) is 0 Å². The predicted octanol–water partition coefficient (Wildman–Crippen LogP) is 5.22. The number of carboxylic acids is 1. The minimum absolute atomic E-state index is 0.0415. The molecule has 2 saturated carbocycles. The molecule has 0 amide bonds. The van der Waals surface area contributed by atoms with Crippen LogP contribution in [0.25, 0.3) is 0 Å². The fourth-order valence-electron chi connectivity index (χ4n) is 6.14. The van der Waals surface area contributed by atoms with Gasteiger partial charge in [-0.2, -0.15) is 0 Å². The molecule has 1 aromatic carbocycles. The number of fused-ring (bicyclic) bond motifs is 1. The number of carbonyl (C=O) groups is 3. The Balaban J connectivity index is 1.98. The SMILES string of the molecule is C=C(C=O)CC[C@@H]1C(=C)CC(OC(=O)c2ccccc2)C2[C@](C)(C(=O)O)CCC[C@@]21C. The number of hydrogen-bond donors (Lipinski definition) is 1. The largest absolute Gasteiger partial charge is 0.481 e. The number of allylic oxidation sites excluding steroid dienone is 1. The van der Waals surface area contributed by atoms with Crippen LogP contribution in [-0.2, 0) is 14.3 Å². The number of aliphatic carboxylic acids is 1. The van der Waals surface area contributed by atoms with Crippen LogP contribution in [0.5, 0.6) is 0 Å². The number of rotatable bonds is 7. The highest BCUT2D eigenvalue weighted by Crippen LogP contribution is 2.62. The molecule has 0 heterocycles. The highest BCUT2D eigenvalue weighted by molar-refractivity contribution is 5.89. The van der Waals surface area contributed by atoms with E-state index in [0.717, 1.165) is 24.7 Å². The molecule has 1 N–H and O–H groups in total. The Labute approximate surface area is 184 Å². The summed E-state index contributed by atoms with van der Waals surface area (Å²) in [6.45, 7) is 12.0. The van der Waals surface area contributed by atoms with Crippen molar-refractivity contribution >= 4 is 18.2 Å². The first kappa shape index (κ1) is 23.0. The normalized spacial score (nSPS) is 32.6. The summed E-state index contributed by atoms with van der Waals surface area (Å²) in [5, 5.41) is 10.2. The van der Waals surface area contributed by atoms with Gasteiger partial charge in [0.25, 0.3) is 0 Å². The van der Waals surface area contributed by atoms with Gasteiger partial charge in [0.05, 0.1) is 11.0 Å². The summed E-state index contributed by atoms with van der Waals surface area (Å²) in [6, 6.07) is 8.78. The number of carbonyl (C=O) groups excluding carboxylic acids is 2. The third-order valence-corrected chi connectivity index (χ3v) is 7.61. The van der Waals surface area contributed by atoms with Gasteiger partial charge in [-0.1, -0.05) is 50.3 Å². The fraction of sp³-hybridized carbons (Fsp3) is 0.500. The molecule has 5 nitrogen and oxygen atoms in total. The van der Waals surface area contributed by atoms with Gasteiger partial charge < -0.3 is 9.84 Å². The predicted molar refractivity (Wildman–Crippen MR) is 119 cm³/mol. The van der Waals surface area contributed by atoms with Gasteiger partial charge in [0.15, 0.2) is 0 Å². The van der Waals surface area contributed by atoms with E-state index < -0.39 is 28.9 Å². The molecule has 2 aliphatic rings. The Hall–Kier alpha value is -2.69. The van der Waals surface area contributed by atoms with Gasteiger partial charge in [-0.25, -0.2) is 4.79 Å². The first-order valence-corrected chi connectivity index (χ1v) is 10.9. The average Bonchev–Trinajstić information content (AvgIpc) is 2.73. The maximum atomic E-state index is 12.9. The van der Waals surface area contributed by atoms with E-state index >= 15 is 0 Å². The average molecular weight is 425 g/mol. The van der Waals surface area contributed by atoms with E-state index in [4.69, 9.17) is 4.74 Å². The highest BCUT2D eigenvalue weighted by atomic mass is 16.5.